The molecule has 1 aliphatic heterocycles. The van der Waals surface area contributed by atoms with Gasteiger partial charge in [0.25, 0.3) is 5.91 Å². The molecular weight excluding hydrogens is 284 g/mol. The summed E-state index contributed by atoms with van der Waals surface area (Å²) in [5.74, 6) is -1.29. The van der Waals surface area contributed by atoms with E-state index in [1.165, 1.54) is 0 Å². The van der Waals surface area contributed by atoms with Crippen LogP contribution in [0.25, 0.3) is 0 Å². The minimum absolute atomic E-state index is 0.161. The number of nitrogens with one attached hydrogen (secondary N) is 1. The van der Waals surface area contributed by atoms with Crippen molar-refractivity contribution in [2.24, 2.45) is 0 Å². The molecule has 0 radical (unpaired) electrons. The smallest absolute Gasteiger partial charge is 0.326 e. The number of carbonyl (C=O) groups excluding carboxylic acids is 2. The van der Waals surface area contributed by atoms with Crippen LogP contribution in [0.2, 0.25) is 0 Å². The van der Waals surface area contributed by atoms with Crippen molar-refractivity contribution >= 4 is 17.8 Å². The maximum atomic E-state index is 12.0. The van der Waals surface area contributed by atoms with E-state index >= 15 is 0 Å². The fourth-order valence-corrected chi connectivity index (χ4v) is 2.43. The monoisotopic (exact) mass is 304 g/mol. The number of benzene rings is 1. The molecule has 1 aromatic rings. The highest BCUT2D eigenvalue weighted by atomic mass is 16.4. The summed E-state index contributed by atoms with van der Waals surface area (Å²) >= 11 is 0. The molecule has 0 aliphatic carbocycles. The van der Waals surface area contributed by atoms with Crippen LogP contribution < -0.4 is 5.32 Å². The van der Waals surface area contributed by atoms with E-state index in [2.05, 4.69) is 5.32 Å². The Hall–Kier alpha value is -2.37. The minimum atomic E-state index is -1.04. The lowest BCUT2D eigenvalue weighted by molar-refractivity contribution is -0.139. The Balaban J connectivity index is 1.97. The number of hydrogen-bond donors (Lipinski definition) is 2. The van der Waals surface area contributed by atoms with Gasteiger partial charge >= 0.3 is 5.97 Å². The largest absolute Gasteiger partial charge is 0.480 e. The highest BCUT2D eigenvalue weighted by molar-refractivity contribution is 5.96. The van der Waals surface area contributed by atoms with Gasteiger partial charge in [-0.15, -0.1) is 0 Å². The molecule has 118 valence electrons. The summed E-state index contributed by atoms with van der Waals surface area (Å²) in [5, 5.41) is 11.4. The van der Waals surface area contributed by atoms with Gasteiger partial charge in [-0.3, -0.25) is 9.59 Å². The fourth-order valence-electron chi connectivity index (χ4n) is 2.43. The molecule has 0 aromatic heterocycles. The molecule has 0 saturated carbocycles. The summed E-state index contributed by atoms with van der Waals surface area (Å²) < 4.78 is 0. The van der Waals surface area contributed by atoms with Crippen molar-refractivity contribution in [3.8, 4) is 0 Å². The molecule has 1 saturated heterocycles. The van der Waals surface area contributed by atoms with Crippen LogP contribution in [-0.2, 0) is 16.1 Å². The number of carbonyl (C=O) groups is 3. The Kier molecular flexibility index (Phi) is 5.14. The first kappa shape index (κ1) is 16.0. The van der Waals surface area contributed by atoms with Crippen molar-refractivity contribution in [1.29, 1.82) is 0 Å². The van der Waals surface area contributed by atoms with Crippen LogP contribution in [0.3, 0.4) is 0 Å². The van der Waals surface area contributed by atoms with Gasteiger partial charge in [0.15, 0.2) is 0 Å². The zero-order valence-corrected chi connectivity index (χ0v) is 12.5. The second-order valence-corrected chi connectivity index (χ2v) is 5.39. The van der Waals surface area contributed by atoms with Crippen molar-refractivity contribution in [2.75, 3.05) is 6.54 Å². The molecule has 22 heavy (non-hydrogen) atoms. The fraction of sp³-hybridized carbons (Fsp3) is 0.438. The van der Waals surface area contributed by atoms with Crippen molar-refractivity contribution < 1.29 is 19.5 Å². The molecule has 6 heteroatoms. The van der Waals surface area contributed by atoms with Crippen molar-refractivity contribution in [2.45, 2.75) is 38.8 Å². The average molecular weight is 304 g/mol. The van der Waals surface area contributed by atoms with Crippen LogP contribution in [-0.4, -0.2) is 40.4 Å². The van der Waals surface area contributed by atoms with Crippen LogP contribution in [0.4, 0.5) is 0 Å². The van der Waals surface area contributed by atoms with Crippen LogP contribution in [0.5, 0.6) is 0 Å². The SMILES string of the molecule is CC[C@@H](NC(=O)c1ccc(CN2CCCC2=O)cc1)C(=O)O. The van der Waals surface area contributed by atoms with Gasteiger partial charge in [0.05, 0.1) is 0 Å². The van der Waals surface area contributed by atoms with Gasteiger partial charge < -0.3 is 15.3 Å². The molecule has 0 spiro atoms. The van der Waals surface area contributed by atoms with Gasteiger partial charge in [-0.05, 0) is 30.5 Å². The number of likely N-dealkylation sites (tertiary alicyclic amines) is 1. The Morgan fingerprint density at radius 2 is 2.00 bits per heavy atom. The third-order valence-corrected chi connectivity index (χ3v) is 3.77. The molecule has 1 fully saturated rings. The number of hydrogen-bond acceptors (Lipinski definition) is 3. The summed E-state index contributed by atoms with van der Waals surface area (Å²) in [6.45, 7) is 3.03. The van der Waals surface area contributed by atoms with E-state index in [0.717, 1.165) is 18.5 Å². The zero-order valence-electron chi connectivity index (χ0n) is 12.5. The molecule has 1 heterocycles. The second-order valence-electron chi connectivity index (χ2n) is 5.39. The Labute approximate surface area is 129 Å². The van der Waals surface area contributed by atoms with Crippen molar-refractivity contribution in [3.63, 3.8) is 0 Å². The van der Waals surface area contributed by atoms with Gasteiger partial charge in [0.1, 0.15) is 6.04 Å². The molecule has 6 nitrogen and oxygen atoms in total. The Bertz CT molecular complexity index is 568. The lowest BCUT2D eigenvalue weighted by Gasteiger charge is -2.16. The second kappa shape index (κ2) is 7.06. The third kappa shape index (κ3) is 3.84. The zero-order chi connectivity index (χ0) is 16.1. The van der Waals surface area contributed by atoms with Gasteiger partial charge in [-0.25, -0.2) is 4.79 Å². The van der Waals surface area contributed by atoms with Gasteiger partial charge in [0, 0.05) is 25.1 Å². The summed E-state index contributed by atoms with van der Waals surface area (Å²) in [5.41, 5.74) is 1.37. The van der Waals surface area contributed by atoms with Gasteiger partial charge in [-0.2, -0.15) is 0 Å². The summed E-state index contributed by atoms with van der Waals surface area (Å²) in [7, 11) is 0. The van der Waals surface area contributed by atoms with E-state index in [9.17, 15) is 14.4 Å². The number of carboxylic acid groups (broad SMARTS) is 1. The average Bonchev–Trinajstić information content (AvgIpc) is 2.90. The molecule has 0 unspecified atom stereocenters. The van der Waals surface area contributed by atoms with Crippen LogP contribution in [0.1, 0.15) is 42.1 Å². The van der Waals surface area contributed by atoms with Crippen LogP contribution in [0.15, 0.2) is 24.3 Å². The standard InChI is InChI=1S/C16H20N2O4/c1-2-13(16(21)22)17-15(20)12-7-5-11(6-8-12)10-18-9-3-4-14(18)19/h5-8,13H,2-4,9-10H2,1H3,(H,17,20)(H,21,22)/t13-/m1/s1. The first-order valence-corrected chi connectivity index (χ1v) is 7.41. The molecular formula is C16H20N2O4. The lowest BCUT2D eigenvalue weighted by Crippen LogP contribution is -2.40. The molecule has 2 rings (SSSR count). The maximum Gasteiger partial charge on any atom is 0.326 e. The normalized spacial score (nSPS) is 15.7. The van der Waals surface area contributed by atoms with E-state index in [1.54, 1.807) is 36.1 Å². The van der Waals surface area contributed by atoms with E-state index in [1.807, 2.05) is 0 Å². The van der Waals surface area contributed by atoms with E-state index < -0.39 is 17.9 Å². The Morgan fingerprint density at radius 3 is 2.50 bits per heavy atom. The Morgan fingerprint density at radius 1 is 1.32 bits per heavy atom. The molecule has 2 N–H and O–H groups in total. The van der Waals surface area contributed by atoms with Crippen LogP contribution >= 0.6 is 0 Å². The molecule has 1 aromatic carbocycles. The first-order valence-electron chi connectivity index (χ1n) is 7.41. The number of carboxylic acids is 1. The first-order chi connectivity index (χ1) is 10.5. The highest BCUT2D eigenvalue weighted by Gasteiger charge is 2.21. The molecule has 1 aliphatic rings. The molecule has 2 amide bonds. The van der Waals surface area contributed by atoms with Gasteiger partial charge in [-0.1, -0.05) is 19.1 Å². The molecule has 1 atom stereocenters. The number of amides is 2. The minimum Gasteiger partial charge on any atom is -0.480 e. The van der Waals surface area contributed by atoms with Gasteiger partial charge in [0.2, 0.25) is 5.91 Å². The topological polar surface area (TPSA) is 86.7 Å². The van der Waals surface area contributed by atoms with Crippen molar-refractivity contribution in [1.82, 2.24) is 10.2 Å². The summed E-state index contributed by atoms with van der Waals surface area (Å²) in [6.07, 6.45) is 1.83. The van der Waals surface area contributed by atoms with Crippen molar-refractivity contribution in [3.05, 3.63) is 35.4 Å². The number of rotatable bonds is 6. The highest BCUT2D eigenvalue weighted by Crippen LogP contribution is 2.14. The molecule has 0 bridgehead atoms. The van der Waals surface area contributed by atoms with E-state index in [4.69, 9.17) is 5.11 Å². The quantitative estimate of drug-likeness (QED) is 0.831. The predicted molar refractivity (Wildman–Crippen MR) is 80.3 cm³/mol. The number of aliphatic carboxylic acids is 1. The maximum absolute atomic E-state index is 12.0. The van der Waals surface area contributed by atoms with E-state index in [0.29, 0.717) is 24.9 Å². The van der Waals surface area contributed by atoms with Crippen LogP contribution in [0, 0.1) is 0 Å². The predicted octanol–water partition coefficient (Wildman–Crippen LogP) is 1.40. The summed E-state index contributed by atoms with van der Waals surface area (Å²) in [6, 6.07) is 6.01. The lowest BCUT2D eigenvalue weighted by atomic mass is 10.1. The third-order valence-electron chi connectivity index (χ3n) is 3.77. The number of nitrogens with zero attached hydrogens (tertiary/aromatic N) is 1. The summed E-state index contributed by atoms with van der Waals surface area (Å²) in [4.78, 5) is 36.3. The van der Waals surface area contributed by atoms with E-state index in [-0.39, 0.29) is 5.91 Å².